The van der Waals surface area contributed by atoms with Crippen LogP contribution in [0.5, 0.6) is 0 Å². The lowest BCUT2D eigenvalue weighted by Gasteiger charge is -2.27. The van der Waals surface area contributed by atoms with Crippen LogP contribution in [-0.2, 0) is 7.05 Å². The number of anilines is 1. The van der Waals surface area contributed by atoms with Crippen molar-refractivity contribution in [3.8, 4) is 0 Å². The van der Waals surface area contributed by atoms with Crippen LogP contribution in [0.3, 0.4) is 0 Å². The van der Waals surface area contributed by atoms with E-state index in [2.05, 4.69) is 31.5 Å². The number of hydrogen-bond donors (Lipinski definition) is 1. The average Bonchev–Trinajstić information content (AvgIpc) is 2.31. The van der Waals surface area contributed by atoms with Crippen LogP contribution in [0.25, 0.3) is 0 Å². The van der Waals surface area contributed by atoms with Crippen LogP contribution < -0.4 is 11.0 Å². The topological polar surface area (TPSA) is 50.2 Å². The predicted octanol–water partition coefficient (Wildman–Crippen LogP) is 1.36. The van der Waals surface area contributed by atoms with Crippen LogP contribution >= 0.6 is 15.9 Å². The highest BCUT2D eigenvalue weighted by atomic mass is 79.9. The summed E-state index contributed by atoms with van der Waals surface area (Å²) in [5.74, 6) is 0. The first-order valence-corrected chi connectivity index (χ1v) is 6.21. The van der Waals surface area contributed by atoms with Crippen LogP contribution in [0.15, 0.2) is 15.5 Å². The molecule has 2 heterocycles. The normalized spacial score (nSPS) is 17.4. The van der Waals surface area contributed by atoms with Crippen molar-refractivity contribution in [3.63, 3.8) is 0 Å². The molecule has 0 atom stereocenters. The Bertz CT molecular complexity index is 425. The van der Waals surface area contributed by atoms with Crippen LogP contribution in [-0.4, -0.2) is 27.9 Å². The summed E-state index contributed by atoms with van der Waals surface area (Å²) in [7, 11) is 1.64. The van der Waals surface area contributed by atoms with Gasteiger partial charge in [0.25, 0.3) is 5.56 Å². The van der Waals surface area contributed by atoms with Crippen LogP contribution in [0.1, 0.15) is 19.3 Å². The highest BCUT2D eigenvalue weighted by molar-refractivity contribution is 9.10. The average molecular weight is 287 g/mol. The number of halogens is 1. The summed E-state index contributed by atoms with van der Waals surface area (Å²) in [5.41, 5.74) is 3.85. The molecular formula is C10H15BrN4O. The molecule has 1 N–H and O–H groups in total. The number of nitrogens with one attached hydrogen (secondary N) is 1. The van der Waals surface area contributed by atoms with E-state index in [1.165, 1.54) is 23.9 Å². The third-order valence-corrected chi connectivity index (χ3v) is 3.48. The van der Waals surface area contributed by atoms with E-state index < -0.39 is 0 Å². The van der Waals surface area contributed by atoms with Crippen LogP contribution in [0.2, 0.25) is 0 Å². The van der Waals surface area contributed by atoms with Crippen LogP contribution in [0.4, 0.5) is 5.69 Å². The van der Waals surface area contributed by atoms with Gasteiger partial charge in [0, 0.05) is 20.1 Å². The van der Waals surface area contributed by atoms with Crippen molar-refractivity contribution in [3.05, 3.63) is 21.0 Å². The standard InChI is InChI=1S/C10H15BrN4O/c1-14-10(16)9(11)8(7-12-14)13-15-5-3-2-4-6-15/h7,13H,2-6H2,1H3. The molecule has 1 aliphatic heterocycles. The van der Waals surface area contributed by atoms with Gasteiger partial charge in [-0.25, -0.2) is 9.69 Å². The second kappa shape index (κ2) is 4.97. The molecule has 6 heteroatoms. The molecule has 5 nitrogen and oxygen atoms in total. The lowest BCUT2D eigenvalue weighted by atomic mass is 10.2. The van der Waals surface area contributed by atoms with Crippen molar-refractivity contribution in [2.45, 2.75) is 19.3 Å². The molecule has 0 bridgehead atoms. The Hall–Kier alpha value is -0.880. The molecule has 0 spiro atoms. The molecule has 1 fully saturated rings. The van der Waals surface area contributed by atoms with E-state index in [9.17, 15) is 4.79 Å². The third-order valence-electron chi connectivity index (χ3n) is 2.71. The summed E-state index contributed by atoms with van der Waals surface area (Å²) >= 11 is 3.30. The minimum absolute atomic E-state index is 0.123. The van der Waals surface area contributed by atoms with Gasteiger partial charge in [-0.2, -0.15) is 5.10 Å². The molecule has 1 aromatic heterocycles. The molecule has 1 aromatic rings. The molecule has 0 radical (unpaired) electrons. The molecule has 88 valence electrons. The Morgan fingerprint density at radius 1 is 1.38 bits per heavy atom. The van der Waals surface area contributed by atoms with E-state index in [0.29, 0.717) is 4.47 Å². The Morgan fingerprint density at radius 3 is 2.75 bits per heavy atom. The molecule has 0 unspecified atom stereocenters. The Balaban J connectivity index is 2.15. The van der Waals surface area contributed by atoms with E-state index in [-0.39, 0.29) is 5.56 Å². The Labute approximate surface area is 103 Å². The quantitative estimate of drug-likeness (QED) is 0.892. The fourth-order valence-corrected chi connectivity index (χ4v) is 2.21. The van der Waals surface area contributed by atoms with Gasteiger partial charge in [0.05, 0.1) is 11.9 Å². The third kappa shape index (κ3) is 2.44. The largest absolute Gasteiger partial charge is 0.316 e. The number of piperidine rings is 1. The zero-order valence-electron chi connectivity index (χ0n) is 9.24. The maximum absolute atomic E-state index is 11.6. The van der Waals surface area contributed by atoms with E-state index in [1.807, 2.05) is 0 Å². The van der Waals surface area contributed by atoms with Gasteiger partial charge in [0.2, 0.25) is 0 Å². The summed E-state index contributed by atoms with van der Waals surface area (Å²) in [4.78, 5) is 11.6. The van der Waals surface area contributed by atoms with Crippen LogP contribution in [0, 0.1) is 0 Å². The van der Waals surface area contributed by atoms with Gasteiger partial charge < -0.3 is 5.43 Å². The highest BCUT2D eigenvalue weighted by Crippen LogP contribution is 2.18. The van der Waals surface area contributed by atoms with E-state index in [4.69, 9.17) is 0 Å². The molecular weight excluding hydrogens is 272 g/mol. The molecule has 16 heavy (non-hydrogen) atoms. The van der Waals surface area contributed by atoms with E-state index in [0.717, 1.165) is 18.8 Å². The van der Waals surface area contributed by atoms with Crippen molar-refractivity contribution in [2.24, 2.45) is 7.05 Å². The van der Waals surface area contributed by atoms with Gasteiger partial charge in [-0.3, -0.25) is 4.79 Å². The SMILES string of the molecule is Cn1ncc(NN2CCCCC2)c(Br)c1=O. The minimum atomic E-state index is -0.123. The molecule has 2 rings (SSSR count). The molecule has 0 aromatic carbocycles. The predicted molar refractivity (Wildman–Crippen MR) is 66.2 cm³/mol. The van der Waals surface area contributed by atoms with Crippen molar-refractivity contribution in [2.75, 3.05) is 18.5 Å². The van der Waals surface area contributed by atoms with Gasteiger partial charge >= 0.3 is 0 Å². The van der Waals surface area contributed by atoms with Gasteiger partial charge in [-0.05, 0) is 28.8 Å². The fraction of sp³-hybridized carbons (Fsp3) is 0.600. The number of aromatic nitrogens is 2. The summed E-state index contributed by atoms with van der Waals surface area (Å²) in [5, 5.41) is 6.12. The summed E-state index contributed by atoms with van der Waals surface area (Å²) in [6.45, 7) is 2.03. The Morgan fingerprint density at radius 2 is 2.06 bits per heavy atom. The first kappa shape index (κ1) is 11.6. The maximum atomic E-state index is 11.6. The first-order chi connectivity index (χ1) is 7.68. The first-order valence-electron chi connectivity index (χ1n) is 5.42. The van der Waals surface area contributed by atoms with Gasteiger partial charge in [0.15, 0.2) is 0 Å². The number of aryl methyl sites for hydroxylation is 1. The summed E-state index contributed by atoms with van der Waals surface area (Å²) < 4.78 is 1.85. The number of rotatable bonds is 2. The minimum Gasteiger partial charge on any atom is -0.316 e. The lowest BCUT2D eigenvalue weighted by molar-refractivity contribution is 0.273. The molecule has 0 saturated carbocycles. The van der Waals surface area contributed by atoms with E-state index >= 15 is 0 Å². The number of nitrogens with zero attached hydrogens (tertiary/aromatic N) is 3. The van der Waals surface area contributed by atoms with Crippen molar-refractivity contribution < 1.29 is 0 Å². The van der Waals surface area contributed by atoms with Gasteiger partial charge in [-0.1, -0.05) is 6.42 Å². The Kier molecular flexibility index (Phi) is 3.60. The molecule has 1 saturated heterocycles. The van der Waals surface area contributed by atoms with Crippen molar-refractivity contribution >= 4 is 21.6 Å². The number of hydrogen-bond acceptors (Lipinski definition) is 4. The smallest absolute Gasteiger partial charge is 0.282 e. The lowest BCUT2D eigenvalue weighted by Crippen LogP contribution is -2.36. The number of hydrazine groups is 1. The fourth-order valence-electron chi connectivity index (χ4n) is 1.76. The summed E-state index contributed by atoms with van der Waals surface area (Å²) in [6.07, 6.45) is 5.35. The van der Waals surface area contributed by atoms with Crippen molar-refractivity contribution in [1.82, 2.24) is 14.8 Å². The van der Waals surface area contributed by atoms with Gasteiger partial charge in [-0.15, -0.1) is 0 Å². The second-order valence-electron chi connectivity index (χ2n) is 3.96. The zero-order valence-corrected chi connectivity index (χ0v) is 10.8. The molecule has 0 amide bonds. The maximum Gasteiger partial charge on any atom is 0.282 e. The van der Waals surface area contributed by atoms with E-state index in [1.54, 1.807) is 13.2 Å². The summed E-state index contributed by atoms with van der Waals surface area (Å²) in [6, 6.07) is 0. The zero-order chi connectivity index (χ0) is 11.5. The second-order valence-corrected chi connectivity index (χ2v) is 4.75. The molecule has 1 aliphatic rings. The van der Waals surface area contributed by atoms with Gasteiger partial charge in [0.1, 0.15) is 4.47 Å². The monoisotopic (exact) mass is 286 g/mol. The highest BCUT2D eigenvalue weighted by Gasteiger charge is 2.13. The molecule has 0 aliphatic carbocycles. The van der Waals surface area contributed by atoms with Crippen molar-refractivity contribution in [1.29, 1.82) is 0 Å².